The zero-order valence-electron chi connectivity index (χ0n) is 22.3. The number of benzene rings is 3. The van der Waals surface area contributed by atoms with Crippen LogP contribution >= 0.6 is 11.6 Å². The molecule has 1 aliphatic heterocycles. The molecule has 0 atom stereocenters. The maximum Gasteiger partial charge on any atom is 0.257 e. The number of nitrogens with zero attached hydrogens (tertiary/aromatic N) is 5. The van der Waals surface area contributed by atoms with Gasteiger partial charge in [0.05, 0.1) is 18.0 Å². The largest absolute Gasteiger partial charge is 0.494 e. The Morgan fingerprint density at radius 2 is 1.59 bits per heavy atom. The van der Waals surface area contributed by atoms with Crippen LogP contribution in [-0.4, -0.2) is 48.8 Å². The van der Waals surface area contributed by atoms with E-state index in [-0.39, 0.29) is 5.56 Å². The topological polar surface area (TPSA) is 62.4 Å². The second kappa shape index (κ2) is 12.3. The molecule has 0 aliphatic carbocycles. The Morgan fingerprint density at radius 1 is 0.846 bits per heavy atom. The number of ether oxygens (including phenoxy) is 1. The Hall–Kier alpha value is -3.94. The summed E-state index contributed by atoms with van der Waals surface area (Å²) in [5.74, 6) is 1.51. The fraction of sp³-hybridized carbons (Fsp3) is 0.258. The first kappa shape index (κ1) is 26.7. The number of aromatic nitrogens is 1. The van der Waals surface area contributed by atoms with Gasteiger partial charge in [-0.05, 0) is 61.5 Å². The van der Waals surface area contributed by atoms with Crippen LogP contribution < -0.4 is 15.2 Å². The van der Waals surface area contributed by atoms with Crippen molar-refractivity contribution in [1.82, 2.24) is 9.47 Å². The van der Waals surface area contributed by atoms with E-state index < -0.39 is 0 Å². The highest BCUT2D eigenvalue weighted by atomic mass is 35.5. The van der Waals surface area contributed by atoms with Crippen LogP contribution in [0.5, 0.6) is 5.75 Å². The fourth-order valence-corrected chi connectivity index (χ4v) is 5.03. The van der Waals surface area contributed by atoms with Crippen LogP contribution in [0.1, 0.15) is 13.8 Å². The van der Waals surface area contributed by atoms with E-state index in [2.05, 4.69) is 21.8 Å². The van der Waals surface area contributed by atoms with E-state index in [1.165, 1.54) is 0 Å². The van der Waals surface area contributed by atoms with Crippen LogP contribution in [0.25, 0.3) is 16.8 Å². The number of hydrogen-bond acceptors (Lipinski definition) is 6. The third kappa shape index (κ3) is 6.05. The summed E-state index contributed by atoms with van der Waals surface area (Å²) in [4.78, 5) is 18.5. The maximum atomic E-state index is 13.8. The summed E-state index contributed by atoms with van der Waals surface area (Å²) < 4.78 is 7.41. The lowest BCUT2D eigenvalue weighted by Gasteiger charge is -2.37. The molecule has 7 nitrogen and oxygen atoms in total. The van der Waals surface area contributed by atoms with Gasteiger partial charge in [0, 0.05) is 42.8 Å². The molecule has 2 heterocycles. The van der Waals surface area contributed by atoms with Crippen molar-refractivity contribution in [2.75, 3.05) is 44.2 Å². The van der Waals surface area contributed by atoms with Gasteiger partial charge in [-0.25, -0.2) is 0 Å². The SMILES string of the molecule is CCOc1ccc(-c2cc(=O)n(-c3ccccc3)c(N3CCN(CC)CC3)c2N=Nc2cccc(Cl)c2)cc1. The molecule has 0 unspecified atom stereocenters. The third-order valence-electron chi connectivity index (χ3n) is 6.85. The van der Waals surface area contributed by atoms with Crippen LogP contribution in [-0.2, 0) is 0 Å². The molecule has 4 aromatic rings. The second-order valence-corrected chi connectivity index (χ2v) is 9.73. The molecule has 200 valence electrons. The molecule has 1 aliphatic rings. The molecule has 1 aromatic heterocycles. The molecule has 1 saturated heterocycles. The molecule has 0 radical (unpaired) electrons. The minimum absolute atomic E-state index is 0.125. The highest BCUT2D eigenvalue weighted by Crippen LogP contribution is 2.40. The van der Waals surface area contributed by atoms with E-state index in [4.69, 9.17) is 21.5 Å². The first-order chi connectivity index (χ1) is 19.1. The zero-order chi connectivity index (χ0) is 27.2. The van der Waals surface area contributed by atoms with Crippen molar-refractivity contribution in [3.8, 4) is 22.6 Å². The summed E-state index contributed by atoms with van der Waals surface area (Å²) in [5.41, 5.74) is 3.51. The summed E-state index contributed by atoms with van der Waals surface area (Å²) in [7, 11) is 0. The van der Waals surface area contributed by atoms with Crippen molar-refractivity contribution in [3.63, 3.8) is 0 Å². The average molecular weight is 542 g/mol. The number of rotatable bonds is 8. The highest BCUT2D eigenvalue weighted by molar-refractivity contribution is 6.30. The van der Waals surface area contributed by atoms with E-state index in [9.17, 15) is 4.79 Å². The normalized spacial score (nSPS) is 14.2. The van der Waals surface area contributed by atoms with Gasteiger partial charge in [0.25, 0.3) is 5.56 Å². The molecule has 0 bridgehead atoms. The minimum atomic E-state index is -0.125. The van der Waals surface area contributed by atoms with Crippen molar-refractivity contribution in [2.45, 2.75) is 13.8 Å². The number of likely N-dealkylation sites (N-methyl/N-ethyl adjacent to an activating group) is 1. The van der Waals surface area contributed by atoms with Gasteiger partial charge in [-0.1, -0.05) is 54.9 Å². The number of pyridine rings is 1. The Labute approximate surface area is 233 Å². The van der Waals surface area contributed by atoms with E-state index in [1.54, 1.807) is 22.8 Å². The smallest absolute Gasteiger partial charge is 0.257 e. The Balaban J connectivity index is 1.74. The average Bonchev–Trinajstić information content (AvgIpc) is 2.97. The molecule has 0 N–H and O–H groups in total. The maximum absolute atomic E-state index is 13.8. The van der Waals surface area contributed by atoms with Gasteiger partial charge in [-0.15, -0.1) is 5.11 Å². The van der Waals surface area contributed by atoms with Gasteiger partial charge in [0.2, 0.25) is 0 Å². The molecule has 8 heteroatoms. The minimum Gasteiger partial charge on any atom is -0.494 e. The van der Waals surface area contributed by atoms with Gasteiger partial charge in [-0.3, -0.25) is 9.36 Å². The number of azo groups is 1. The highest BCUT2D eigenvalue weighted by Gasteiger charge is 2.26. The Bertz CT molecular complexity index is 1490. The quantitative estimate of drug-likeness (QED) is 0.223. The molecule has 0 amide bonds. The first-order valence-electron chi connectivity index (χ1n) is 13.3. The molecular weight excluding hydrogens is 510 g/mol. The predicted molar refractivity (Wildman–Crippen MR) is 159 cm³/mol. The molecule has 3 aromatic carbocycles. The van der Waals surface area contributed by atoms with Crippen molar-refractivity contribution >= 4 is 28.8 Å². The Kier molecular flexibility index (Phi) is 8.39. The van der Waals surface area contributed by atoms with Crippen LogP contribution in [0, 0.1) is 0 Å². The summed E-state index contributed by atoms with van der Waals surface area (Å²) >= 11 is 6.23. The van der Waals surface area contributed by atoms with E-state index >= 15 is 0 Å². The summed E-state index contributed by atoms with van der Waals surface area (Å²) in [6.45, 7) is 9.05. The predicted octanol–water partition coefficient (Wildman–Crippen LogP) is 7.11. The number of hydrogen-bond donors (Lipinski definition) is 0. The van der Waals surface area contributed by atoms with Crippen LogP contribution in [0.2, 0.25) is 5.02 Å². The van der Waals surface area contributed by atoms with Gasteiger partial charge < -0.3 is 14.5 Å². The zero-order valence-corrected chi connectivity index (χ0v) is 23.0. The van der Waals surface area contributed by atoms with E-state index in [0.29, 0.717) is 28.6 Å². The standard InChI is InChI=1S/C31H32ClN5O2/c1-3-35-17-19-36(20-18-35)31-30(34-33-25-10-8-9-24(32)21-25)28(23-13-15-27(16-14-23)39-4-2)22-29(38)37(31)26-11-6-5-7-12-26/h5-16,21-22H,3-4,17-20H2,1-2H3. The van der Waals surface area contributed by atoms with Gasteiger partial charge in [-0.2, -0.15) is 5.11 Å². The molecule has 39 heavy (non-hydrogen) atoms. The lowest BCUT2D eigenvalue weighted by molar-refractivity contribution is 0.270. The van der Waals surface area contributed by atoms with Gasteiger partial charge >= 0.3 is 0 Å². The molecule has 0 saturated carbocycles. The number of piperazine rings is 1. The lowest BCUT2D eigenvalue weighted by Crippen LogP contribution is -2.47. The molecule has 5 rings (SSSR count). The summed E-state index contributed by atoms with van der Waals surface area (Å²) in [5, 5.41) is 9.99. The van der Waals surface area contributed by atoms with Crippen molar-refractivity contribution in [2.24, 2.45) is 10.2 Å². The molecule has 0 spiro atoms. The van der Waals surface area contributed by atoms with Crippen molar-refractivity contribution in [1.29, 1.82) is 0 Å². The van der Waals surface area contributed by atoms with Crippen LogP contribution in [0.15, 0.2) is 100.0 Å². The monoisotopic (exact) mass is 541 g/mol. The number of halogens is 1. The fourth-order valence-electron chi connectivity index (χ4n) is 4.84. The first-order valence-corrected chi connectivity index (χ1v) is 13.7. The number of para-hydroxylation sites is 1. The molecular formula is C31H32ClN5O2. The van der Waals surface area contributed by atoms with Crippen LogP contribution in [0.4, 0.5) is 17.2 Å². The van der Waals surface area contributed by atoms with Gasteiger partial charge in [0.15, 0.2) is 0 Å². The summed E-state index contributed by atoms with van der Waals surface area (Å²) in [6.07, 6.45) is 0. The number of anilines is 1. The second-order valence-electron chi connectivity index (χ2n) is 9.30. The van der Waals surface area contributed by atoms with Gasteiger partial charge in [0.1, 0.15) is 17.3 Å². The third-order valence-corrected chi connectivity index (χ3v) is 7.09. The molecule has 1 fully saturated rings. The van der Waals surface area contributed by atoms with E-state index in [1.807, 2.05) is 73.7 Å². The van der Waals surface area contributed by atoms with Crippen molar-refractivity contribution in [3.05, 3.63) is 100 Å². The van der Waals surface area contributed by atoms with Crippen LogP contribution in [0.3, 0.4) is 0 Å². The Morgan fingerprint density at radius 3 is 2.26 bits per heavy atom. The van der Waals surface area contributed by atoms with E-state index in [0.717, 1.165) is 55.5 Å². The van der Waals surface area contributed by atoms with Crippen molar-refractivity contribution < 1.29 is 4.74 Å². The summed E-state index contributed by atoms with van der Waals surface area (Å²) in [6, 6.07) is 26.4. The lowest BCUT2D eigenvalue weighted by atomic mass is 10.0.